The summed E-state index contributed by atoms with van der Waals surface area (Å²) < 4.78 is 16.9. The van der Waals surface area contributed by atoms with E-state index in [1.165, 1.54) is 6.26 Å². The summed E-state index contributed by atoms with van der Waals surface area (Å²) >= 11 is 0. The Morgan fingerprint density at radius 1 is 1.14 bits per heavy atom. The number of anilines is 3. The number of carbonyl (C=O) groups excluding carboxylic acids is 1. The first-order valence-electron chi connectivity index (χ1n) is 11.8. The lowest BCUT2D eigenvalue weighted by atomic mass is 10.2. The van der Waals surface area contributed by atoms with Crippen molar-refractivity contribution in [1.29, 1.82) is 0 Å². The van der Waals surface area contributed by atoms with Gasteiger partial charge in [-0.2, -0.15) is 4.98 Å². The van der Waals surface area contributed by atoms with Gasteiger partial charge < -0.3 is 33.8 Å². The van der Waals surface area contributed by atoms with E-state index < -0.39 is 12.0 Å². The molecule has 0 radical (unpaired) electrons. The second-order valence-electron chi connectivity index (χ2n) is 8.84. The van der Waals surface area contributed by atoms with E-state index in [1.54, 1.807) is 18.3 Å². The molecule has 2 fully saturated rings. The average Bonchev–Trinajstić information content (AvgIpc) is 3.63. The molecule has 0 aromatic carbocycles. The summed E-state index contributed by atoms with van der Waals surface area (Å²) in [7, 11) is 0. The summed E-state index contributed by atoms with van der Waals surface area (Å²) in [5, 5.41) is 13.0. The molecule has 0 aliphatic carbocycles. The molecule has 12 heteroatoms. The zero-order chi connectivity index (χ0) is 24.6. The first kappa shape index (κ1) is 22.4. The number of aliphatic hydroxyl groups excluding tert-OH is 1. The largest absolute Gasteiger partial charge is 0.444 e. The molecular formula is C24H25N7O5. The van der Waals surface area contributed by atoms with E-state index in [0.717, 1.165) is 11.3 Å². The maximum absolute atomic E-state index is 13.1. The van der Waals surface area contributed by atoms with E-state index in [4.69, 9.17) is 18.6 Å². The van der Waals surface area contributed by atoms with Crippen molar-refractivity contribution in [2.75, 3.05) is 54.5 Å². The molecule has 36 heavy (non-hydrogen) atoms. The molecule has 2 aliphatic heterocycles. The molecule has 4 aromatic rings. The van der Waals surface area contributed by atoms with E-state index >= 15 is 0 Å². The van der Waals surface area contributed by atoms with Gasteiger partial charge in [-0.05, 0) is 25.5 Å². The van der Waals surface area contributed by atoms with Crippen LogP contribution in [-0.2, 0) is 4.74 Å². The number of oxazole rings is 2. The summed E-state index contributed by atoms with van der Waals surface area (Å²) in [6, 6.07) is 5.78. The fourth-order valence-electron chi connectivity index (χ4n) is 4.38. The zero-order valence-electron chi connectivity index (χ0n) is 19.7. The number of ether oxygens (including phenoxy) is 1. The van der Waals surface area contributed by atoms with Crippen molar-refractivity contribution in [3.8, 4) is 11.5 Å². The first-order valence-corrected chi connectivity index (χ1v) is 11.8. The van der Waals surface area contributed by atoms with Gasteiger partial charge in [0.1, 0.15) is 6.26 Å². The standard InChI is InChI=1S/C24H25N7O5/c1-14-10-15(2-4-25-14)23-27-18(13-35-23)22(33)26-17-11-19-20(28-21(17)31-5-3-16(32)12-31)29-24(36-19)30-6-8-34-9-7-30/h2,4,10-11,13,16,32H,3,5-9,12H2,1H3,(H,26,33)/t16-/m0/s1. The van der Waals surface area contributed by atoms with Crippen LogP contribution >= 0.6 is 0 Å². The van der Waals surface area contributed by atoms with Crippen molar-refractivity contribution < 1.29 is 23.5 Å². The highest BCUT2D eigenvalue weighted by Crippen LogP contribution is 2.33. The lowest BCUT2D eigenvalue weighted by Gasteiger charge is -2.24. The molecule has 2 N–H and O–H groups in total. The van der Waals surface area contributed by atoms with Crippen molar-refractivity contribution in [1.82, 2.24) is 19.9 Å². The normalized spacial score (nSPS) is 18.2. The number of nitrogens with one attached hydrogen (secondary N) is 1. The second-order valence-corrected chi connectivity index (χ2v) is 8.84. The number of hydrogen-bond donors (Lipinski definition) is 2. The summed E-state index contributed by atoms with van der Waals surface area (Å²) in [6.45, 7) is 5.43. The van der Waals surface area contributed by atoms with Gasteiger partial charge in [0, 0.05) is 49.7 Å². The molecule has 1 atom stereocenters. The smallest absolute Gasteiger partial charge is 0.300 e. The summed E-state index contributed by atoms with van der Waals surface area (Å²) in [4.78, 5) is 34.9. The lowest BCUT2D eigenvalue weighted by molar-refractivity contribution is 0.102. The van der Waals surface area contributed by atoms with Crippen LogP contribution in [0.25, 0.3) is 22.7 Å². The molecule has 6 heterocycles. The Bertz CT molecular complexity index is 1410. The van der Waals surface area contributed by atoms with Gasteiger partial charge in [0.25, 0.3) is 11.9 Å². The van der Waals surface area contributed by atoms with Crippen molar-refractivity contribution >= 4 is 34.7 Å². The molecular weight excluding hydrogens is 466 g/mol. The van der Waals surface area contributed by atoms with Gasteiger partial charge in [0.2, 0.25) is 11.5 Å². The van der Waals surface area contributed by atoms with Crippen LogP contribution < -0.4 is 15.1 Å². The molecule has 4 aromatic heterocycles. The molecule has 1 amide bonds. The number of carbonyl (C=O) groups is 1. The topological polar surface area (TPSA) is 143 Å². The molecule has 0 bridgehead atoms. The molecule has 2 aliphatic rings. The third kappa shape index (κ3) is 4.36. The number of aliphatic hydroxyl groups is 1. The second kappa shape index (κ2) is 9.21. The third-order valence-electron chi connectivity index (χ3n) is 6.22. The molecule has 6 rings (SSSR count). The number of amides is 1. The van der Waals surface area contributed by atoms with E-state index in [9.17, 15) is 9.90 Å². The van der Waals surface area contributed by atoms with Crippen LogP contribution in [0, 0.1) is 6.92 Å². The Kier molecular flexibility index (Phi) is 5.74. The molecule has 0 unspecified atom stereocenters. The minimum atomic E-state index is -0.464. The van der Waals surface area contributed by atoms with E-state index in [-0.39, 0.29) is 5.69 Å². The summed E-state index contributed by atoms with van der Waals surface area (Å²) in [5.74, 6) is 0.390. The molecule has 0 spiro atoms. The van der Waals surface area contributed by atoms with E-state index in [2.05, 4.69) is 20.3 Å². The van der Waals surface area contributed by atoms with Gasteiger partial charge in [0.15, 0.2) is 17.1 Å². The van der Waals surface area contributed by atoms with Crippen LogP contribution in [0.4, 0.5) is 17.5 Å². The zero-order valence-corrected chi connectivity index (χ0v) is 19.7. The van der Waals surface area contributed by atoms with Crippen molar-refractivity contribution in [2.45, 2.75) is 19.4 Å². The Morgan fingerprint density at radius 3 is 2.78 bits per heavy atom. The van der Waals surface area contributed by atoms with Crippen molar-refractivity contribution in [3.63, 3.8) is 0 Å². The number of aryl methyl sites for hydroxylation is 1. The van der Waals surface area contributed by atoms with Gasteiger partial charge in [-0.3, -0.25) is 9.78 Å². The Morgan fingerprint density at radius 2 is 2.00 bits per heavy atom. The van der Waals surface area contributed by atoms with Crippen LogP contribution in [0.2, 0.25) is 0 Å². The number of morpholine rings is 1. The van der Waals surface area contributed by atoms with Gasteiger partial charge in [-0.1, -0.05) is 0 Å². The fourth-order valence-corrected chi connectivity index (χ4v) is 4.38. The van der Waals surface area contributed by atoms with Crippen molar-refractivity contribution in [2.24, 2.45) is 0 Å². The number of β-amino-alcohol motifs (C(OH)–C–C–N with tert-alkyl or cyclic N) is 1. The maximum atomic E-state index is 13.1. The fraction of sp³-hybridized carbons (Fsp3) is 0.375. The summed E-state index contributed by atoms with van der Waals surface area (Å²) in [6.07, 6.45) is 3.13. The number of rotatable bonds is 5. The van der Waals surface area contributed by atoms with Gasteiger partial charge in [-0.15, -0.1) is 0 Å². The molecule has 2 saturated heterocycles. The molecule has 12 nitrogen and oxygen atoms in total. The third-order valence-corrected chi connectivity index (χ3v) is 6.22. The Balaban J connectivity index is 1.31. The first-order chi connectivity index (χ1) is 17.5. The number of aromatic nitrogens is 4. The highest BCUT2D eigenvalue weighted by molar-refractivity contribution is 6.05. The number of hydrogen-bond acceptors (Lipinski definition) is 11. The van der Waals surface area contributed by atoms with Crippen molar-refractivity contribution in [3.05, 3.63) is 42.0 Å². The predicted octanol–water partition coefficient (Wildman–Crippen LogP) is 2.24. The lowest BCUT2D eigenvalue weighted by Crippen LogP contribution is -2.36. The number of nitrogens with zero attached hydrogens (tertiary/aromatic N) is 6. The molecule has 186 valence electrons. The monoisotopic (exact) mass is 491 g/mol. The van der Waals surface area contributed by atoms with Crippen LogP contribution in [0.3, 0.4) is 0 Å². The maximum Gasteiger partial charge on any atom is 0.300 e. The van der Waals surface area contributed by atoms with Gasteiger partial charge in [-0.25, -0.2) is 9.97 Å². The molecule has 0 saturated carbocycles. The van der Waals surface area contributed by atoms with E-state index in [1.807, 2.05) is 22.8 Å². The van der Waals surface area contributed by atoms with Gasteiger partial charge >= 0.3 is 0 Å². The number of pyridine rings is 2. The summed E-state index contributed by atoms with van der Waals surface area (Å²) in [5.41, 5.74) is 2.99. The average molecular weight is 492 g/mol. The Hall–Kier alpha value is -4.03. The minimum Gasteiger partial charge on any atom is -0.444 e. The SMILES string of the molecule is Cc1cc(-c2nc(C(=O)Nc3cc4oc(N5CCOCC5)nc4nc3N3CC[C@H](O)C3)co2)ccn1. The highest BCUT2D eigenvalue weighted by Gasteiger charge is 2.27. The Labute approximate surface area is 205 Å². The highest BCUT2D eigenvalue weighted by atomic mass is 16.5. The predicted molar refractivity (Wildman–Crippen MR) is 130 cm³/mol. The minimum absolute atomic E-state index is 0.124. The van der Waals surface area contributed by atoms with E-state index in [0.29, 0.717) is 80.5 Å². The van der Waals surface area contributed by atoms with Crippen LogP contribution in [0.15, 0.2) is 39.5 Å². The number of fused-ring (bicyclic) bond motifs is 1. The van der Waals surface area contributed by atoms with Crippen LogP contribution in [-0.4, -0.2) is 76.4 Å². The van der Waals surface area contributed by atoms with Crippen LogP contribution in [0.1, 0.15) is 22.6 Å². The van der Waals surface area contributed by atoms with Gasteiger partial charge in [0.05, 0.1) is 25.0 Å². The quantitative estimate of drug-likeness (QED) is 0.424. The van der Waals surface area contributed by atoms with Crippen LogP contribution in [0.5, 0.6) is 0 Å².